The van der Waals surface area contributed by atoms with Crippen LogP contribution >= 0.6 is 0 Å². The highest BCUT2D eigenvalue weighted by Gasteiger charge is 2.16. The Bertz CT molecular complexity index is 789. The van der Waals surface area contributed by atoms with Crippen LogP contribution in [0, 0.1) is 10.1 Å². The Morgan fingerprint density at radius 1 is 1.21 bits per heavy atom. The molecule has 0 radical (unpaired) electrons. The monoisotopic (exact) mass is 329 g/mol. The van der Waals surface area contributed by atoms with E-state index in [1.165, 1.54) is 32.4 Å². The Hall–Kier alpha value is -3.42. The Balaban J connectivity index is 2.27. The summed E-state index contributed by atoms with van der Waals surface area (Å²) >= 11 is 0. The Kier molecular flexibility index (Phi) is 5.45. The molecule has 2 aromatic carbocycles. The van der Waals surface area contributed by atoms with Gasteiger partial charge in [-0.25, -0.2) is 5.43 Å². The second-order valence-electron chi connectivity index (χ2n) is 4.66. The second-order valence-corrected chi connectivity index (χ2v) is 4.66. The fourth-order valence-corrected chi connectivity index (χ4v) is 1.86. The maximum absolute atomic E-state index is 11.0. The van der Waals surface area contributed by atoms with Crippen molar-refractivity contribution in [1.82, 2.24) is 5.43 Å². The van der Waals surface area contributed by atoms with E-state index in [1.54, 1.807) is 30.3 Å². The molecular formula is C16H15N3O5. The number of nitrogens with zero attached hydrogens (tertiary/aromatic N) is 2. The first kappa shape index (κ1) is 16.9. The number of ether oxygens (including phenoxy) is 2. The summed E-state index contributed by atoms with van der Waals surface area (Å²) in [7, 11) is 1.45. The number of para-hydroxylation sites is 2. The van der Waals surface area contributed by atoms with Crippen LogP contribution in [0.1, 0.15) is 12.5 Å². The predicted molar refractivity (Wildman–Crippen MR) is 87.6 cm³/mol. The topological polar surface area (TPSA) is 103 Å². The second kappa shape index (κ2) is 7.73. The Labute approximate surface area is 137 Å². The smallest absolute Gasteiger partial charge is 0.311 e. The number of carbonyl (C=O) groups is 1. The van der Waals surface area contributed by atoms with Crippen LogP contribution in [0.3, 0.4) is 0 Å². The van der Waals surface area contributed by atoms with Gasteiger partial charge < -0.3 is 9.47 Å². The number of methoxy groups -OCH3 is 1. The molecule has 0 fully saturated rings. The zero-order valence-electron chi connectivity index (χ0n) is 13.1. The van der Waals surface area contributed by atoms with E-state index in [2.05, 4.69) is 10.5 Å². The number of nitro groups is 1. The van der Waals surface area contributed by atoms with Gasteiger partial charge in [-0.05, 0) is 29.8 Å². The van der Waals surface area contributed by atoms with Crippen LogP contribution in [0.5, 0.6) is 17.2 Å². The molecule has 0 aliphatic rings. The SMILES string of the molecule is COc1cc(/C=N\NC(C)=O)ccc1Oc1ccccc1[N+](=O)[O-]. The van der Waals surface area contributed by atoms with Crippen LogP contribution in [-0.2, 0) is 4.79 Å². The number of carbonyl (C=O) groups excluding carboxylic acids is 1. The van der Waals surface area contributed by atoms with Crippen molar-refractivity contribution < 1.29 is 19.2 Å². The van der Waals surface area contributed by atoms with Gasteiger partial charge >= 0.3 is 5.69 Å². The van der Waals surface area contributed by atoms with Crippen molar-refractivity contribution in [3.05, 3.63) is 58.1 Å². The number of hydrogen-bond acceptors (Lipinski definition) is 6. The summed E-state index contributed by atoms with van der Waals surface area (Å²) in [5, 5.41) is 14.8. The van der Waals surface area contributed by atoms with E-state index in [1.807, 2.05) is 0 Å². The van der Waals surface area contributed by atoms with Crippen LogP contribution in [0.15, 0.2) is 47.6 Å². The van der Waals surface area contributed by atoms with Crippen molar-refractivity contribution in [3.8, 4) is 17.2 Å². The molecular weight excluding hydrogens is 314 g/mol. The lowest BCUT2D eigenvalue weighted by molar-refractivity contribution is -0.385. The van der Waals surface area contributed by atoms with Crippen LogP contribution in [0.2, 0.25) is 0 Å². The molecule has 24 heavy (non-hydrogen) atoms. The van der Waals surface area contributed by atoms with Crippen LogP contribution in [-0.4, -0.2) is 24.2 Å². The number of hydrazone groups is 1. The Morgan fingerprint density at radius 3 is 2.62 bits per heavy atom. The first-order valence-corrected chi connectivity index (χ1v) is 6.90. The third-order valence-electron chi connectivity index (χ3n) is 2.91. The molecule has 0 saturated carbocycles. The zero-order chi connectivity index (χ0) is 17.5. The summed E-state index contributed by atoms with van der Waals surface area (Å²) < 4.78 is 10.9. The molecule has 2 aromatic rings. The van der Waals surface area contributed by atoms with Crippen molar-refractivity contribution in [2.24, 2.45) is 5.10 Å². The summed E-state index contributed by atoms with van der Waals surface area (Å²) in [4.78, 5) is 21.3. The lowest BCUT2D eigenvalue weighted by Gasteiger charge is -2.11. The molecule has 2 rings (SSSR count). The van der Waals surface area contributed by atoms with Crippen LogP contribution in [0.25, 0.3) is 0 Å². The number of nitro benzene ring substituents is 1. The van der Waals surface area contributed by atoms with Crippen molar-refractivity contribution in [2.45, 2.75) is 6.92 Å². The maximum Gasteiger partial charge on any atom is 0.311 e. The number of benzene rings is 2. The number of rotatable bonds is 6. The zero-order valence-corrected chi connectivity index (χ0v) is 13.1. The summed E-state index contributed by atoms with van der Waals surface area (Å²) in [6.45, 7) is 1.35. The van der Waals surface area contributed by atoms with E-state index >= 15 is 0 Å². The highest BCUT2D eigenvalue weighted by molar-refractivity contribution is 5.82. The highest BCUT2D eigenvalue weighted by atomic mass is 16.6. The van der Waals surface area contributed by atoms with Crippen LogP contribution < -0.4 is 14.9 Å². The lowest BCUT2D eigenvalue weighted by atomic mass is 10.2. The van der Waals surface area contributed by atoms with Crippen molar-refractivity contribution in [1.29, 1.82) is 0 Å². The summed E-state index contributed by atoms with van der Waals surface area (Å²) in [6, 6.07) is 11.0. The molecule has 8 heteroatoms. The van der Waals surface area contributed by atoms with Crippen molar-refractivity contribution in [2.75, 3.05) is 7.11 Å². The standard InChI is InChI=1S/C16H15N3O5/c1-11(20)18-17-10-12-7-8-15(16(9-12)23-2)24-14-6-4-3-5-13(14)19(21)22/h3-10H,1-2H3,(H,18,20)/b17-10-. The van der Waals surface area contributed by atoms with Gasteiger partial charge in [0.2, 0.25) is 11.7 Å². The van der Waals surface area contributed by atoms with E-state index in [0.29, 0.717) is 17.1 Å². The van der Waals surface area contributed by atoms with Crippen LogP contribution in [0.4, 0.5) is 5.69 Å². The highest BCUT2D eigenvalue weighted by Crippen LogP contribution is 2.36. The first-order valence-electron chi connectivity index (χ1n) is 6.90. The number of hydrogen-bond donors (Lipinski definition) is 1. The van der Waals surface area contributed by atoms with Gasteiger partial charge in [0.15, 0.2) is 11.5 Å². The first-order chi connectivity index (χ1) is 11.5. The molecule has 1 N–H and O–H groups in total. The largest absolute Gasteiger partial charge is 0.493 e. The average Bonchev–Trinajstić information content (AvgIpc) is 2.56. The summed E-state index contributed by atoms with van der Waals surface area (Å²) in [6.07, 6.45) is 1.44. The molecule has 0 aromatic heterocycles. The quantitative estimate of drug-likeness (QED) is 0.498. The van der Waals surface area contributed by atoms with E-state index < -0.39 is 4.92 Å². The third-order valence-corrected chi connectivity index (χ3v) is 2.91. The van der Waals surface area contributed by atoms with E-state index in [9.17, 15) is 14.9 Å². The predicted octanol–water partition coefficient (Wildman–Crippen LogP) is 2.87. The van der Waals surface area contributed by atoms with Gasteiger partial charge in [-0.2, -0.15) is 5.10 Å². The fourth-order valence-electron chi connectivity index (χ4n) is 1.86. The van der Waals surface area contributed by atoms with E-state index in [-0.39, 0.29) is 17.3 Å². The minimum absolute atomic E-state index is 0.112. The van der Waals surface area contributed by atoms with Gasteiger partial charge in [-0.3, -0.25) is 14.9 Å². The molecule has 1 amide bonds. The number of amides is 1. The molecule has 0 bridgehead atoms. The molecule has 0 aliphatic heterocycles. The van der Waals surface area contributed by atoms with E-state index in [4.69, 9.17) is 9.47 Å². The molecule has 0 atom stereocenters. The maximum atomic E-state index is 11.0. The minimum Gasteiger partial charge on any atom is -0.493 e. The Morgan fingerprint density at radius 2 is 1.96 bits per heavy atom. The normalized spacial score (nSPS) is 10.4. The molecule has 0 unspecified atom stereocenters. The van der Waals surface area contributed by atoms with E-state index in [0.717, 1.165) is 0 Å². The molecule has 8 nitrogen and oxygen atoms in total. The molecule has 0 saturated heterocycles. The molecule has 124 valence electrons. The molecule has 0 heterocycles. The molecule has 0 spiro atoms. The third kappa shape index (κ3) is 4.29. The fraction of sp³-hybridized carbons (Fsp3) is 0.125. The average molecular weight is 329 g/mol. The van der Waals surface area contributed by atoms with Crippen molar-refractivity contribution >= 4 is 17.8 Å². The van der Waals surface area contributed by atoms with Gasteiger partial charge in [0.05, 0.1) is 18.2 Å². The summed E-state index contributed by atoms with van der Waals surface area (Å²) in [5.41, 5.74) is 2.81. The van der Waals surface area contributed by atoms with Gasteiger partial charge in [0, 0.05) is 13.0 Å². The van der Waals surface area contributed by atoms with Gasteiger partial charge in [0.1, 0.15) is 0 Å². The minimum atomic E-state index is -0.518. The van der Waals surface area contributed by atoms with Gasteiger partial charge in [-0.1, -0.05) is 12.1 Å². The van der Waals surface area contributed by atoms with Crippen molar-refractivity contribution in [3.63, 3.8) is 0 Å². The summed E-state index contributed by atoms with van der Waals surface area (Å²) in [5.74, 6) is 0.526. The number of nitrogens with one attached hydrogen (secondary N) is 1. The lowest BCUT2D eigenvalue weighted by Crippen LogP contribution is -2.12. The molecule has 0 aliphatic carbocycles. The van der Waals surface area contributed by atoms with Gasteiger partial charge in [-0.15, -0.1) is 0 Å². The van der Waals surface area contributed by atoms with Gasteiger partial charge in [0.25, 0.3) is 0 Å².